The van der Waals surface area contributed by atoms with Gasteiger partial charge in [-0.25, -0.2) is 0 Å². The summed E-state index contributed by atoms with van der Waals surface area (Å²) in [5.74, 6) is -0.0238. The molecule has 92 valence electrons. The average Bonchev–Trinajstić information content (AvgIpc) is 2.90. The number of carbonyl (C=O) groups excluding carboxylic acids is 1. The molecule has 1 saturated heterocycles. The number of carbonyl (C=O) groups is 1. The third-order valence-electron chi connectivity index (χ3n) is 2.98. The number of amides is 1. The molecule has 1 N–H and O–H groups in total. The van der Waals surface area contributed by atoms with Crippen molar-refractivity contribution in [3.63, 3.8) is 0 Å². The molecule has 1 aliphatic heterocycles. The second-order valence-electron chi connectivity index (χ2n) is 4.22. The van der Waals surface area contributed by atoms with Gasteiger partial charge < -0.3 is 10.1 Å². The monoisotopic (exact) mass is 259 g/mol. The Labute approximate surface area is 109 Å². The lowest BCUT2D eigenvalue weighted by molar-refractivity contribution is -0.149. The molecule has 0 spiro atoms. The molecule has 1 aliphatic rings. The van der Waals surface area contributed by atoms with E-state index < -0.39 is 0 Å². The zero-order chi connectivity index (χ0) is 12.4. The standard InChI is InChI=1S/C14H13NO2S/c16-14-13(12(15-14)11-7-4-8-18-11)17-9-10-5-2-1-3-6-10/h1-8,12-13H,9H2,(H,15,16). The van der Waals surface area contributed by atoms with Gasteiger partial charge in [0.25, 0.3) is 5.91 Å². The van der Waals surface area contributed by atoms with Gasteiger partial charge in [-0.05, 0) is 17.0 Å². The van der Waals surface area contributed by atoms with Crippen LogP contribution in [0.5, 0.6) is 0 Å². The van der Waals surface area contributed by atoms with Gasteiger partial charge >= 0.3 is 0 Å². The van der Waals surface area contributed by atoms with E-state index in [0.29, 0.717) is 6.61 Å². The van der Waals surface area contributed by atoms with Crippen LogP contribution in [0.25, 0.3) is 0 Å². The highest BCUT2D eigenvalue weighted by atomic mass is 32.1. The Morgan fingerprint density at radius 3 is 2.67 bits per heavy atom. The van der Waals surface area contributed by atoms with Crippen LogP contribution in [0, 0.1) is 0 Å². The van der Waals surface area contributed by atoms with Crippen molar-refractivity contribution < 1.29 is 9.53 Å². The third-order valence-corrected chi connectivity index (χ3v) is 3.94. The summed E-state index contributed by atoms with van der Waals surface area (Å²) in [5.41, 5.74) is 1.09. The van der Waals surface area contributed by atoms with Gasteiger partial charge in [0.15, 0.2) is 6.10 Å². The molecule has 0 aliphatic carbocycles. The molecule has 2 heterocycles. The minimum absolute atomic E-state index is 0.0150. The Hall–Kier alpha value is -1.65. The minimum Gasteiger partial charge on any atom is -0.361 e. The minimum atomic E-state index is -0.358. The molecule has 1 fully saturated rings. The van der Waals surface area contributed by atoms with Crippen molar-refractivity contribution in [3.05, 3.63) is 58.3 Å². The van der Waals surface area contributed by atoms with E-state index in [0.717, 1.165) is 10.4 Å². The van der Waals surface area contributed by atoms with Crippen LogP contribution in [-0.4, -0.2) is 12.0 Å². The molecular formula is C14H13NO2S. The summed E-state index contributed by atoms with van der Waals surface area (Å²) in [6.07, 6.45) is -0.358. The number of hydrogen-bond acceptors (Lipinski definition) is 3. The van der Waals surface area contributed by atoms with Crippen LogP contribution in [0.15, 0.2) is 47.8 Å². The fraction of sp³-hybridized carbons (Fsp3) is 0.214. The first-order chi connectivity index (χ1) is 8.84. The van der Waals surface area contributed by atoms with Crippen LogP contribution >= 0.6 is 11.3 Å². The molecule has 3 nitrogen and oxygen atoms in total. The molecule has 0 radical (unpaired) electrons. The predicted molar refractivity (Wildman–Crippen MR) is 70.2 cm³/mol. The van der Waals surface area contributed by atoms with Crippen LogP contribution in [0.4, 0.5) is 0 Å². The van der Waals surface area contributed by atoms with E-state index in [1.165, 1.54) is 0 Å². The van der Waals surface area contributed by atoms with Gasteiger partial charge in [-0.3, -0.25) is 4.79 Å². The summed E-state index contributed by atoms with van der Waals surface area (Å²) in [5, 5.41) is 4.89. The fourth-order valence-corrected chi connectivity index (χ4v) is 2.79. The van der Waals surface area contributed by atoms with Gasteiger partial charge in [-0.2, -0.15) is 0 Å². The fourth-order valence-electron chi connectivity index (χ4n) is 1.99. The van der Waals surface area contributed by atoms with Gasteiger partial charge in [-0.1, -0.05) is 36.4 Å². The maximum Gasteiger partial charge on any atom is 0.252 e. The van der Waals surface area contributed by atoms with Crippen molar-refractivity contribution in [2.45, 2.75) is 18.8 Å². The zero-order valence-electron chi connectivity index (χ0n) is 9.71. The summed E-state index contributed by atoms with van der Waals surface area (Å²) in [7, 11) is 0. The Morgan fingerprint density at radius 2 is 2.00 bits per heavy atom. The molecular weight excluding hydrogens is 246 g/mol. The highest BCUT2D eigenvalue weighted by molar-refractivity contribution is 7.10. The largest absolute Gasteiger partial charge is 0.361 e. The number of nitrogens with one attached hydrogen (secondary N) is 1. The van der Waals surface area contributed by atoms with Gasteiger partial charge in [0.05, 0.1) is 12.6 Å². The summed E-state index contributed by atoms with van der Waals surface area (Å²) >= 11 is 1.64. The van der Waals surface area contributed by atoms with E-state index in [1.807, 2.05) is 47.8 Å². The van der Waals surface area contributed by atoms with Crippen LogP contribution in [0.3, 0.4) is 0 Å². The van der Waals surface area contributed by atoms with Crippen molar-refractivity contribution in [1.82, 2.24) is 5.32 Å². The Bertz CT molecular complexity index is 524. The van der Waals surface area contributed by atoms with Crippen molar-refractivity contribution in [2.24, 2.45) is 0 Å². The molecule has 0 bridgehead atoms. The molecule has 2 unspecified atom stereocenters. The number of thiophene rings is 1. The van der Waals surface area contributed by atoms with E-state index in [-0.39, 0.29) is 18.1 Å². The van der Waals surface area contributed by atoms with Gasteiger partial charge in [-0.15, -0.1) is 11.3 Å². The lowest BCUT2D eigenvalue weighted by atomic mass is 10.0. The number of rotatable bonds is 4. The molecule has 2 atom stereocenters. The highest BCUT2D eigenvalue weighted by Crippen LogP contribution is 2.30. The average molecular weight is 259 g/mol. The summed E-state index contributed by atoms with van der Waals surface area (Å²) < 4.78 is 5.71. The first-order valence-electron chi connectivity index (χ1n) is 5.84. The SMILES string of the molecule is O=C1NC(c2cccs2)C1OCc1ccccc1. The lowest BCUT2D eigenvalue weighted by Gasteiger charge is -2.35. The second kappa shape index (κ2) is 4.92. The first kappa shape index (κ1) is 11.4. The smallest absolute Gasteiger partial charge is 0.252 e. The van der Waals surface area contributed by atoms with Crippen molar-refractivity contribution in [3.8, 4) is 0 Å². The maximum absolute atomic E-state index is 11.5. The van der Waals surface area contributed by atoms with Gasteiger partial charge in [0, 0.05) is 4.88 Å². The molecule has 1 aromatic heterocycles. The summed E-state index contributed by atoms with van der Waals surface area (Å²) in [4.78, 5) is 12.7. The number of β-lactam (4-membered cyclic amide) rings is 1. The van der Waals surface area contributed by atoms with Crippen molar-refractivity contribution in [1.29, 1.82) is 0 Å². The molecule has 1 aromatic carbocycles. The van der Waals surface area contributed by atoms with Crippen LogP contribution < -0.4 is 5.32 Å². The Balaban J connectivity index is 1.63. The quantitative estimate of drug-likeness (QED) is 0.857. The van der Waals surface area contributed by atoms with Crippen LogP contribution in [-0.2, 0) is 16.1 Å². The Kier molecular flexibility index (Phi) is 3.13. The van der Waals surface area contributed by atoms with E-state index >= 15 is 0 Å². The summed E-state index contributed by atoms with van der Waals surface area (Å²) in [6.45, 7) is 0.473. The van der Waals surface area contributed by atoms with Crippen molar-refractivity contribution >= 4 is 17.2 Å². The zero-order valence-corrected chi connectivity index (χ0v) is 10.5. The predicted octanol–water partition coefficient (Wildman–Crippen LogP) is 2.50. The van der Waals surface area contributed by atoms with Crippen LogP contribution in [0.1, 0.15) is 16.5 Å². The highest BCUT2D eigenvalue weighted by Gasteiger charge is 2.41. The van der Waals surface area contributed by atoms with Gasteiger partial charge in [0.2, 0.25) is 0 Å². The maximum atomic E-state index is 11.5. The number of ether oxygens (including phenoxy) is 1. The molecule has 18 heavy (non-hydrogen) atoms. The van der Waals surface area contributed by atoms with E-state index in [1.54, 1.807) is 11.3 Å². The van der Waals surface area contributed by atoms with E-state index in [9.17, 15) is 4.79 Å². The molecule has 1 amide bonds. The van der Waals surface area contributed by atoms with Crippen LogP contribution in [0.2, 0.25) is 0 Å². The molecule has 0 saturated carbocycles. The number of hydrogen-bond donors (Lipinski definition) is 1. The Morgan fingerprint density at radius 1 is 1.17 bits per heavy atom. The first-order valence-corrected chi connectivity index (χ1v) is 6.72. The third kappa shape index (κ3) is 2.17. The van der Waals surface area contributed by atoms with Crippen molar-refractivity contribution in [2.75, 3.05) is 0 Å². The molecule has 3 rings (SSSR count). The van der Waals surface area contributed by atoms with E-state index in [4.69, 9.17) is 4.74 Å². The second-order valence-corrected chi connectivity index (χ2v) is 5.20. The van der Waals surface area contributed by atoms with E-state index in [2.05, 4.69) is 5.32 Å². The lowest BCUT2D eigenvalue weighted by Crippen LogP contribution is -2.56. The molecule has 4 heteroatoms. The van der Waals surface area contributed by atoms with Gasteiger partial charge in [0.1, 0.15) is 0 Å². The normalized spacial score (nSPS) is 22.3. The number of benzene rings is 1. The topological polar surface area (TPSA) is 38.3 Å². The summed E-state index contributed by atoms with van der Waals surface area (Å²) in [6, 6.07) is 13.9. The molecule has 2 aromatic rings.